The van der Waals surface area contributed by atoms with Crippen LogP contribution in [0.3, 0.4) is 0 Å². The van der Waals surface area contributed by atoms with Gasteiger partial charge in [-0.25, -0.2) is 18.3 Å². The van der Waals surface area contributed by atoms with Gasteiger partial charge in [0.15, 0.2) is 0 Å². The zero-order valence-corrected chi connectivity index (χ0v) is 15.9. The third-order valence-electron chi connectivity index (χ3n) is 5.55. The Hall–Kier alpha value is -3.17. The van der Waals surface area contributed by atoms with E-state index >= 15 is 0 Å². The predicted octanol–water partition coefficient (Wildman–Crippen LogP) is 2.70. The number of amides is 1. The van der Waals surface area contributed by atoms with Crippen LogP contribution in [-0.4, -0.2) is 48.5 Å². The second kappa shape index (κ2) is 7.69. The molecule has 1 fully saturated rings. The Balaban J connectivity index is 1.72. The summed E-state index contributed by atoms with van der Waals surface area (Å²) in [6.45, 7) is 3.01. The Morgan fingerprint density at radius 2 is 2.24 bits per heavy atom. The molecule has 0 saturated carbocycles. The van der Waals surface area contributed by atoms with E-state index in [4.69, 9.17) is 5.73 Å². The highest BCUT2D eigenvalue weighted by molar-refractivity contribution is 5.98. The fourth-order valence-corrected chi connectivity index (χ4v) is 4.01. The molecule has 2 atom stereocenters. The number of hydrogen-bond acceptors (Lipinski definition) is 6. The number of carbonyl (C=O) groups excluding carboxylic acids is 1. The molecule has 29 heavy (non-hydrogen) atoms. The molecule has 1 unspecified atom stereocenters. The molecule has 3 aromatic heterocycles. The monoisotopic (exact) mass is 401 g/mol. The number of fused-ring (bicyclic) bond motifs is 1. The van der Waals surface area contributed by atoms with Crippen molar-refractivity contribution in [2.75, 3.05) is 18.8 Å². The average Bonchev–Trinajstić information content (AvgIpc) is 3.21. The summed E-state index contributed by atoms with van der Waals surface area (Å²) in [7, 11) is 0. The molecule has 1 aliphatic rings. The SMILES string of the molecule is CCC1CCN(C(=O)c2ccncc2N)C[C@H]1c1cc(C(F)F)nc2ncnn12. The van der Waals surface area contributed by atoms with Crippen LogP contribution < -0.4 is 5.73 Å². The number of alkyl halides is 2. The summed E-state index contributed by atoms with van der Waals surface area (Å²) in [4.78, 5) is 26.5. The molecule has 152 valence electrons. The van der Waals surface area contributed by atoms with E-state index in [1.807, 2.05) is 0 Å². The lowest BCUT2D eigenvalue weighted by atomic mass is 9.81. The van der Waals surface area contributed by atoms with Gasteiger partial charge in [0.25, 0.3) is 18.1 Å². The fraction of sp³-hybridized carbons (Fsp3) is 0.421. The van der Waals surface area contributed by atoms with Gasteiger partial charge in [-0.05, 0) is 24.5 Å². The summed E-state index contributed by atoms with van der Waals surface area (Å²) in [6, 6.07) is 2.98. The topological polar surface area (TPSA) is 102 Å². The van der Waals surface area contributed by atoms with Gasteiger partial charge in [-0.15, -0.1) is 0 Å². The van der Waals surface area contributed by atoms with Gasteiger partial charge in [0.1, 0.15) is 12.0 Å². The summed E-state index contributed by atoms with van der Waals surface area (Å²) in [5.41, 5.74) is 6.88. The highest BCUT2D eigenvalue weighted by Crippen LogP contribution is 2.36. The van der Waals surface area contributed by atoms with Crippen LogP contribution in [0.5, 0.6) is 0 Å². The molecule has 1 saturated heterocycles. The van der Waals surface area contributed by atoms with Gasteiger partial charge in [-0.3, -0.25) is 9.78 Å². The molecular formula is C19H21F2N7O. The van der Waals surface area contributed by atoms with Gasteiger partial charge in [0, 0.05) is 25.2 Å². The van der Waals surface area contributed by atoms with Crippen molar-refractivity contribution >= 4 is 17.4 Å². The van der Waals surface area contributed by atoms with E-state index in [1.54, 1.807) is 11.0 Å². The van der Waals surface area contributed by atoms with E-state index in [-0.39, 0.29) is 29.2 Å². The van der Waals surface area contributed by atoms with Crippen LogP contribution in [0.25, 0.3) is 5.78 Å². The molecule has 0 bridgehead atoms. The van der Waals surface area contributed by atoms with Crippen molar-refractivity contribution in [1.29, 1.82) is 0 Å². The molecule has 10 heteroatoms. The zero-order valence-electron chi connectivity index (χ0n) is 15.9. The minimum Gasteiger partial charge on any atom is -0.397 e. The summed E-state index contributed by atoms with van der Waals surface area (Å²) in [5.74, 6) is -0.0171. The summed E-state index contributed by atoms with van der Waals surface area (Å²) >= 11 is 0. The first kappa shape index (κ1) is 19.2. The Morgan fingerprint density at radius 3 is 2.97 bits per heavy atom. The number of likely N-dealkylation sites (tertiary alicyclic amines) is 1. The Bertz CT molecular complexity index is 1040. The molecule has 8 nitrogen and oxygen atoms in total. The second-order valence-electron chi connectivity index (χ2n) is 7.16. The quantitative estimate of drug-likeness (QED) is 0.721. The number of anilines is 1. The standard InChI is InChI=1S/C19H21F2N7O/c1-2-11-4-6-27(18(29)12-3-5-23-8-14(12)22)9-13(11)16-7-15(17(20)21)26-19-24-10-25-28(16)19/h3,5,7-8,10-11,13,17H,2,4,6,9,22H2,1H3/t11?,13-/m1/s1. The van der Waals surface area contributed by atoms with Crippen molar-refractivity contribution in [3.05, 3.63) is 47.8 Å². The number of halogens is 2. The van der Waals surface area contributed by atoms with Gasteiger partial charge in [0.05, 0.1) is 23.1 Å². The van der Waals surface area contributed by atoms with E-state index in [0.29, 0.717) is 30.0 Å². The van der Waals surface area contributed by atoms with Crippen LogP contribution in [0.4, 0.5) is 14.5 Å². The first-order valence-corrected chi connectivity index (χ1v) is 9.47. The third kappa shape index (κ3) is 3.50. The lowest BCUT2D eigenvalue weighted by Gasteiger charge is -2.38. The number of rotatable bonds is 4. The molecule has 0 aromatic carbocycles. The van der Waals surface area contributed by atoms with Crippen LogP contribution in [0, 0.1) is 5.92 Å². The molecule has 1 amide bonds. The molecule has 0 aliphatic carbocycles. The fourth-order valence-electron chi connectivity index (χ4n) is 4.01. The van der Waals surface area contributed by atoms with Gasteiger partial charge in [-0.1, -0.05) is 13.3 Å². The lowest BCUT2D eigenvalue weighted by Crippen LogP contribution is -2.43. The van der Waals surface area contributed by atoms with Gasteiger partial charge in [0.2, 0.25) is 0 Å². The number of hydrogen-bond donors (Lipinski definition) is 1. The summed E-state index contributed by atoms with van der Waals surface area (Å²) in [6.07, 6.45) is 3.16. The molecule has 4 rings (SSSR count). The lowest BCUT2D eigenvalue weighted by molar-refractivity contribution is 0.0653. The zero-order chi connectivity index (χ0) is 20.5. The van der Waals surface area contributed by atoms with Crippen LogP contribution in [0.15, 0.2) is 30.9 Å². The average molecular weight is 401 g/mol. The smallest absolute Gasteiger partial charge is 0.280 e. The largest absolute Gasteiger partial charge is 0.397 e. The molecular weight excluding hydrogens is 380 g/mol. The maximum Gasteiger partial charge on any atom is 0.280 e. The maximum absolute atomic E-state index is 13.4. The Labute approximate surface area is 165 Å². The Kier molecular flexibility index (Phi) is 5.08. The van der Waals surface area contributed by atoms with Crippen molar-refractivity contribution in [2.45, 2.75) is 32.1 Å². The number of nitrogens with two attached hydrogens (primary N) is 1. The molecule has 4 heterocycles. The van der Waals surface area contributed by atoms with Crippen molar-refractivity contribution < 1.29 is 13.6 Å². The van der Waals surface area contributed by atoms with Crippen molar-refractivity contribution in [3.8, 4) is 0 Å². The summed E-state index contributed by atoms with van der Waals surface area (Å²) < 4.78 is 28.3. The molecule has 0 spiro atoms. The number of piperidine rings is 1. The number of pyridine rings is 1. The summed E-state index contributed by atoms with van der Waals surface area (Å²) in [5, 5.41) is 4.17. The van der Waals surface area contributed by atoms with Crippen LogP contribution >= 0.6 is 0 Å². The first-order chi connectivity index (χ1) is 14.0. The number of aromatic nitrogens is 5. The van der Waals surface area contributed by atoms with Gasteiger partial charge < -0.3 is 10.6 Å². The van der Waals surface area contributed by atoms with Crippen LogP contribution in [0.1, 0.15) is 53.9 Å². The molecule has 1 aliphatic heterocycles. The maximum atomic E-state index is 13.4. The van der Waals surface area contributed by atoms with E-state index in [0.717, 1.165) is 12.8 Å². The van der Waals surface area contributed by atoms with Gasteiger partial charge in [-0.2, -0.15) is 10.1 Å². The van der Waals surface area contributed by atoms with E-state index < -0.39 is 6.43 Å². The van der Waals surface area contributed by atoms with Crippen LogP contribution in [-0.2, 0) is 0 Å². The van der Waals surface area contributed by atoms with Crippen molar-refractivity contribution in [1.82, 2.24) is 29.5 Å². The van der Waals surface area contributed by atoms with E-state index in [2.05, 4.69) is 27.0 Å². The Morgan fingerprint density at radius 1 is 1.41 bits per heavy atom. The molecule has 3 aromatic rings. The number of nitrogens with zero attached hydrogens (tertiary/aromatic N) is 6. The highest BCUT2D eigenvalue weighted by atomic mass is 19.3. The number of nitrogen functional groups attached to an aromatic ring is 1. The minimum atomic E-state index is -2.71. The first-order valence-electron chi connectivity index (χ1n) is 9.47. The van der Waals surface area contributed by atoms with E-state index in [9.17, 15) is 13.6 Å². The minimum absolute atomic E-state index is 0.134. The van der Waals surface area contributed by atoms with Crippen LogP contribution in [0.2, 0.25) is 0 Å². The third-order valence-corrected chi connectivity index (χ3v) is 5.55. The normalized spacial score (nSPS) is 19.8. The van der Waals surface area contributed by atoms with Crippen molar-refractivity contribution in [3.63, 3.8) is 0 Å². The predicted molar refractivity (Wildman–Crippen MR) is 101 cm³/mol. The second-order valence-corrected chi connectivity index (χ2v) is 7.16. The van der Waals surface area contributed by atoms with Crippen molar-refractivity contribution in [2.24, 2.45) is 5.92 Å². The van der Waals surface area contributed by atoms with Gasteiger partial charge >= 0.3 is 0 Å². The number of carbonyl (C=O) groups is 1. The highest BCUT2D eigenvalue weighted by Gasteiger charge is 2.34. The van der Waals surface area contributed by atoms with E-state index in [1.165, 1.54) is 29.3 Å². The molecule has 0 radical (unpaired) electrons. The molecule has 2 N–H and O–H groups in total.